The predicted molar refractivity (Wildman–Crippen MR) is 88.0 cm³/mol. The average molecular weight is 292 g/mol. The highest BCUT2D eigenvalue weighted by Crippen LogP contribution is 2.28. The van der Waals surface area contributed by atoms with E-state index in [1.165, 1.54) is 5.56 Å². The number of nitrogens with two attached hydrogens (primary N) is 1. The molecule has 5 heteroatoms. The fourth-order valence-electron chi connectivity index (χ4n) is 2.10. The van der Waals surface area contributed by atoms with E-state index in [1.807, 2.05) is 31.2 Å². The van der Waals surface area contributed by atoms with Crippen LogP contribution in [0.2, 0.25) is 0 Å². The molecule has 3 rings (SSSR count). The van der Waals surface area contributed by atoms with Crippen LogP contribution in [0.25, 0.3) is 11.3 Å². The number of nitrogens with one attached hydrogen (secondary N) is 1. The molecule has 3 aromatic rings. The Morgan fingerprint density at radius 3 is 2.59 bits per heavy atom. The van der Waals surface area contributed by atoms with Crippen LogP contribution in [0.4, 0.5) is 17.3 Å². The molecule has 1 heterocycles. The van der Waals surface area contributed by atoms with Crippen LogP contribution in [-0.4, -0.2) is 15.1 Å². The van der Waals surface area contributed by atoms with E-state index in [0.717, 1.165) is 5.69 Å². The van der Waals surface area contributed by atoms with E-state index in [4.69, 9.17) is 5.73 Å². The fraction of sp³-hybridized carbons (Fsp3) is 0.0588. The van der Waals surface area contributed by atoms with Crippen LogP contribution in [0, 0.1) is 6.92 Å². The molecule has 0 aliphatic carbocycles. The molecule has 0 radical (unpaired) electrons. The molecule has 0 aliphatic heterocycles. The lowest BCUT2D eigenvalue weighted by Gasteiger charge is -2.09. The van der Waals surface area contributed by atoms with Gasteiger partial charge in [-0.2, -0.15) is 0 Å². The van der Waals surface area contributed by atoms with Gasteiger partial charge in [0.1, 0.15) is 5.75 Å². The van der Waals surface area contributed by atoms with E-state index in [9.17, 15) is 5.11 Å². The lowest BCUT2D eigenvalue weighted by atomic mass is 10.1. The van der Waals surface area contributed by atoms with E-state index < -0.39 is 0 Å². The number of benzene rings is 2. The molecule has 0 aliphatic rings. The minimum atomic E-state index is 0.149. The van der Waals surface area contributed by atoms with Gasteiger partial charge in [0.2, 0.25) is 5.95 Å². The standard InChI is InChI=1S/C17H16N4O/c1-11-2-4-12(5-3-11)20-17-19-9-8-16(21-17)14-10-13(22)6-7-15(14)18/h2-10,22H,18H2,1H3,(H,19,20,21). The van der Waals surface area contributed by atoms with Gasteiger partial charge in [-0.3, -0.25) is 0 Å². The van der Waals surface area contributed by atoms with Crippen LogP contribution in [0.5, 0.6) is 5.75 Å². The Morgan fingerprint density at radius 1 is 1.05 bits per heavy atom. The van der Waals surface area contributed by atoms with Crippen molar-refractivity contribution in [1.82, 2.24) is 9.97 Å². The third kappa shape index (κ3) is 2.98. The molecule has 4 N–H and O–H groups in total. The summed E-state index contributed by atoms with van der Waals surface area (Å²) in [4.78, 5) is 8.66. The zero-order valence-corrected chi connectivity index (χ0v) is 12.1. The van der Waals surface area contributed by atoms with E-state index in [1.54, 1.807) is 30.5 Å². The van der Waals surface area contributed by atoms with Crippen LogP contribution in [0.3, 0.4) is 0 Å². The number of hydrogen-bond donors (Lipinski definition) is 3. The van der Waals surface area contributed by atoms with E-state index in [-0.39, 0.29) is 5.75 Å². The van der Waals surface area contributed by atoms with Crippen molar-refractivity contribution in [2.24, 2.45) is 0 Å². The molecule has 0 saturated carbocycles. The molecule has 110 valence electrons. The molecule has 0 bridgehead atoms. The number of aromatic nitrogens is 2. The quantitative estimate of drug-likeness (QED) is 0.508. The molecule has 0 amide bonds. The summed E-state index contributed by atoms with van der Waals surface area (Å²) in [6.45, 7) is 2.03. The number of hydrogen-bond acceptors (Lipinski definition) is 5. The van der Waals surface area contributed by atoms with Gasteiger partial charge in [-0.25, -0.2) is 9.97 Å². The van der Waals surface area contributed by atoms with Crippen LogP contribution < -0.4 is 11.1 Å². The second kappa shape index (κ2) is 5.73. The highest BCUT2D eigenvalue weighted by atomic mass is 16.3. The summed E-state index contributed by atoms with van der Waals surface area (Å²) < 4.78 is 0. The first kappa shape index (κ1) is 13.9. The van der Waals surface area contributed by atoms with Crippen LogP contribution in [0.1, 0.15) is 5.56 Å². The second-order valence-corrected chi connectivity index (χ2v) is 5.03. The maximum absolute atomic E-state index is 9.61. The lowest BCUT2D eigenvalue weighted by molar-refractivity contribution is 0.475. The predicted octanol–water partition coefficient (Wildman–Crippen LogP) is 3.48. The number of aromatic hydroxyl groups is 1. The number of rotatable bonds is 3. The molecular formula is C17H16N4O. The van der Waals surface area contributed by atoms with Crippen molar-refractivity contribution in [3.63, 3.8) is 0 Å². The Balaban J connectivity index is 1.92. The molecular weight excluding hydrogens is 276 g/mol. The normalized spacial score (nSPS) is 10.4. The average Bonchev–Trinajstić information content (AvgIpc) is 2.52. The Bertz CT molecular complexity index is 800. The van der Waals surface area contributed by atoms with Gasteiger partial charge < -0.3 is 16.2 Å². The van der Waals surface area contributed by atoms with E-state index >= 15 is 0 Å². The number of nitrogens with zero attached hydrogens (tertiary/aromatic N) is 2. The van der Waals surface area contributed by atoms with Gasteiger partial charge in [-0.05, 0) is 43.3 Å². The van der Waals surface area contributed by atoms with Gasteiger partial charge >= 0.3 is 0 Å². The molecule has 2 aromatic carbocycles. The minimum Gasteiger partial charge on any atom is -0.508 e. The Kier molecular flexibility index (Phi) is 3.62. The smallest absolute Gasteiger partial charge is 0.227 e. The van der Waals surface area contributed by atoms with E-state index in [2.05, 4.69) is 15.3 Å². The Labute approximate surface area is 128 Å². The van der Waals surface area contributed by atoms with Gasteiger partial charge in [-0.1, -0.05) is 17.7 Å². The first-order valence-electron chi connectivity index (χ1n) is 6.87. The maximum Gasteiger partial charge on any atom is 0.227 e. The molecule has 5 nitrogen and oxygen atoms in total. The summed E-state index contributed by atoms with van der Waals surface area (Å²) in [7, 11) is 0. The number of nitrogen functional groups attached to an aromatic ring is 1. The van der Waals surface area contributed by atoms with Gasteiger partial charge in [0.15, 0.2) is 0 Å². The van der Waals surface area contributed by atoms with Crippen molar-refractivity contribution >= 4 is 17.3 Å². The summed E-state index contributed by atoms with van der Waals surface area (Å²) in [6, 6.07) is 14.5. The molecule has 22 heavy (non-hydrogen) atoms. The molecule has 0 atom stereocenters. The van der Waals surface area contributed by atoms with Crippen molar-refractivity contribution in [1.29, 1.82) is 0 Å². The molecule has 0 fully saturated rings. The highest BCUT2D eigenvalue weighted by Gasteiger charge is 2.07. The molecule has 0 unspecified atom stereocenters. The third-order valence-electron chi connectivity index (χ3n) is 3.28. The second-order valence-electron chi connectivity index (χ2n) is 5.03. The summed E-state index contributed by atoms with van der Waals surface area (Å²) in [6.07, 6.45) is 1.66. The van der Waals surface area contributed by atoms with Crippen molar-refractivity contribution in [2.75, 3.05) is 11.1 Å². The summed E-state index contributed by atoms with van der Waals surface area (Å²) >= 11 is 0. The van der Waals surface area contributed by atoms with E-state index in [0.29, 0.717) is 22.9 Å². The third-order valence-corrected chi connectivity index (χ3v) is 3.28. The van der Waals surface area contributed by atoms with Crippen LogP contribution in [0.15, 0.2) is 54.7 Å². The van der Waals surface area contributed by atoms with Gasteiger partial charge in [-0.15, -0.1) is 0 Å². The van der Waals surface area contributed by atoms with Crippen molar-refractivity contribution in [3.05, 3.63) is 60.3 Å². The van der Waals surface area contributed by atoms with Crippen molar-refractivity contribution in [3.8, 4) is 17.0 Å². The number of phenols is 1. The van der Waals surface area contributed by atoms with Crippen molar-refractivity contribution in [2.45, 2.75) is 6.92 Å². The van der Waals surface area contributed by atoms with Crippen molar-refractivity contribution < 1.29 is 5.11 Å². The van der Waals surface area contributed by atoms with Gasteiger partial charge in [0, 0.05) is 23.1 Å². The SMILES string of the molecule is Cc1ccc(Nc2nccc(-c3cc(O)ccc3N)n2)cc1. The number of aryl methyl sites for hydroxylation is 1. The summed E-state index contributed by atoms with van der Waals surface area (Å²) in [5, 5.41) is 12.8. The maximum atomic E-state index is 9.61. The fourth-order valence-corrected chi connectivity index (χ4v) is 2.10. The molecule has 0 saturated heterocycles. The zero-order chi connectivity index (χ0) is 15.5. The highest BCUT2D eigenvalue weighted by molar-refractivity contribution is 5.75. The Morgan fingerprint density at radius 2 is 1.82 bits per heavy atom. The molecule has 1 aromatic heterocycles. The summed E-state index contributed by atoms with van der Waals surface area (Å²) in [5.74, 6) is 0.625. The monoisotopic (exact) mass is 292 g/mol. The van der Waals surface area contributed by atoms with Crippen LogP contribution in [-0.2, 0) is 0 Å². The lowest BCUT2D eigenvalue weighted by Crippen LogP contribution is -1.99. The zero-order valence-electron chi connectivity index (χ0n) is 12.1. The number of phenolic OH excluding ortho intramolecular Hbond substituents is 1. The minimum absolute atomic E-state index is 0.149. The summed E-state index contributed by atoms with van der Waals surface area (Å²) in [5.41, 5.74) is 9.93. The largest absolute Gasteiger partial charge is 0.508 e. The van der Waals surface area contributed by atoms with Gasteiger partial charge in [0.25, 0.3) is 0 Å². The Hall–Kier alpha value is -3.08. The van der Waals surface area contributed by atoms with Gasteiger partial charge in [0.05, 0.1) is 5.69 Å². The topological polar surface area (TPSA) is 84.1 Å². The first-order valence-corrected chi connectivity index (χ1v) is 6.87. The molecule has 0 spiro atoms. The van der Waals surface area contributed by atoms with Crippen LogP contribution >= 0.6 is 0 Å². The first-order chi connectivity index (χ1) is 10.6. The number of anilines is 3.